The lowest BCUT2D eigenvalue weighted by Gasteiger charge is -2.36. The zero-order chi connectivity index (χ0) is 19.5. The molecule has 0 amide bonds. The predicted molar refractivity (Wildman–Crippen MR) is 104 cm³/mol. The Bertz CT molecular complexity index is 617. The number of hydrogen-bond donors (Lipinski definition) is 0. The maximum Gasteiger partial charge on any atom is 0.329 e. The second kappa shape index (κ2) is 11.8. The second-order valence-corrected chi connectivity index (χ2v) is 6.32. The highest BCUT2D eigenvalue weighted by atomic mass is 35.5. The molecule has 26 heavy (non-hydrogen) atoms. The van der Waals surface area contributed by atoms with Crippen LogP contribution in [0.4, 0.5) is 5.69 Å². The summed E-state index contributed by atoms with van der Waals surface area (Å²) >= 11 is 12.1. The number of carbonyl (C=O) groups is 2. The van der Waals surface area contributed by atoms with Gasteiger partial charge in [0.1, 0.15) is 0 Å². The molecule has 0 aliphatic carbocycles. The fraction of sp³-hybridized carbons (Fsp3) is 0.444. The summed E-state index contributed by atoms with van der Waals surface area (Å²) in [7, 11) is 2.73. The van der Waals surface area contributed by atoms with E-state index in [9.17, 15) is 9.59 Å². The number of carbonyl (C=O) groups excluding carboxylic acids is 2. The van der Waals surface area contributed by atoms with Gasteiger partial charge >= 0.3 is 11.9 Å². The zero-order valence-electron chi connectivity index (χ0n) is 15.0. The average molecular weight is 403 g/mol. The molecule has 1 fully saturated rings. The number of methoxy groups -OCH3 is 2. The van der Waals surface area contributed by atoms with E-state index in [0.717, 1.165) is 44.5 Å². The van der Waals surface area contributed by atoms with Gasteiger partial charge in [-0.25, -0.2) is 4.79 Å². The van der Waals surface area contributed by atoms with Crippen LogP contribution in [0.15, 0.2) is 30.9 Å². The minimum atomic E-state index is -0.394. The molecule has 1 saturated heterocycles. The van der Waals surface area contributed by atoms with Gasteiger partial charge in [0.25, 0.3) is 0 Å². The SMILES string of the molecule is C=CC(=O)OC.COC(=O)CCN1CCN(c2ccc(Cl)cc2Cl)CC1. The van der Waals surface area contributed by atoms with E-state index in [1.807, 2.05) is 12.1 Å². The van der Waals surface area contributed by atoms with Crippen molar-refractivity contribution in [2.75, 3.05) is 51.8 Å². The van der Waals surface area contributed by atoms with Crippen LogP contribution >= 0.6 is 23.2 Å². The summed E-state index contributed by atoms with van der Waals surface area (Å²) in [5.41, 5.74) is 1.02. The van der Waals surface area contributed by atoms with Crippen LogP contribution < -0.4 is 4.90 Å². The lowest BCUT2D eigenvalue weighted by Crippen LogP contribution is -2.47. The number of rotatable bonds is 5. The van der Waals surface area contributed by atoms with Crippen molar-refractivity contribution in [1.29, 1.82) is 0 Å². The summed E-state index contributed by atoms with van der Waals surface area (Å²) in [6.07, 6.45) is 1.55. The van der Waals surface area contributed by atoms with Gasteiger partial charge in [-0.3, -0.25) is 9.69 Å². The fourth-order valence-corrected chi connectivity index (χ4v) is 2.91. The van der Waals surface area contributed by atoms with Crippen LogP contribution in [-0.2, 0) is 19.1 Å². The molecule has 0 N–H and O–H groups in total. The molecule has 1 aliphatic rings. The molecule has 0 radical (unpaired) electrons. The van der Waals surface area contributed by atoms with Gasteiger partial charge in [0, 0.05) is 43.8 Å². The zero-order valence-corrected chi connectivity index (χ0v) is 16.6. The molecule has 8 heteroatoms. The number of piperazine rings is 1. The first-order valence-electron chi connectivity index (χ1n) is 8.10. The fourth-order valence-electron chi connectivity index (χ4n) is 2.38. The van der Waals surface area contributed by atoms with Crippen molar-refractivity contribution >= 4 is 40.8 Å². The van der Waals surface area contributed by atoms with Crippen LogP contribution in [0.25, 0.3) is 0 Å². The quantitative estimate of drug-likeness (QED) is 0.557. The van der Waals surface area contributed by atoms with Crippen molar-refractivity contribution < 1.29 is 19.1 Å². The molecule has 1 aromatic carbocycles. The van der Waals surface area contributed by atoms with Gasteiger partial charge in [-0.05, 0) is 18.2 Å². The monoisotopic (exact) mass is 402 g/mol. The van der Waals surface area contributed by atoms with E-state index in [4.69, 9.17) is 23.2 Å². The summed E-state index contributed by atoms with van der Waals surface area (Å²) in [6.45, 7) is 7.51. The molecular formula is C18H24Cl2N2O4. The van der Waals surface area contributed by atoms with E-state index in [1.54, 1.807) is 6.07 Å². The van der Waals surface area contributed by atoms with E-state index in [0.29, 0.717) is 16.5 Å². The Morgan fingerprint density at radius 2 is 1.81 bits per heavy atom. The number of benzene rings is 1. The molecule has 6 nitrogen and oxygen atoms in total. The van der Waals surface area contributed by atoms with E-state index in [2.05, 4.69) is 25.9 Å². The minimum Gasteiger partial charge on any atom is -0.469 e. The molecule has 0 bridgehead atoms. The molecule has 2 rings (SSSR count). The van der Waals surface area contributed by atoms with Crippen LogP contribution in [0.2, 0.25) is 10.0 Å². The van der Waals surface area contributed by atoms with Crippen molar-refractivity contribution in [1.82, 2.24) is 4.90 Å². The second-order valence-electron chi connectivity index (χ2n) is 5.48. The van der Waals surface area contributed by atoms with Gasteiger partial charge in [0.2, 0.25) is 0 Å². The van der Waals surface area contributed by atoms with Crippen LogP contribution in [0.1, 0.15) is 6.42 Å². The number of halogens is 2. The van der Waals surface area contributed by atoms with Crippen molar-refractivity contribution in [3.8, 4) is 0 Å². The number of esters is 2. The highest BCUT2D eigenvalue weighted by Crippen LogP contribution is 2.29. The van der Waals surface area contributed by atoms with Gasteiger partial charge in [0.15, 0.2) is 0 Å². The van der Waals surface area contributed by atoms with Crippen LogP contribution in [0.3, 0.4) is 0 Å². The van der Waals surface area contributed by atoms with Crippen molar-refractivity contribution in [3.05, 3.63) is 40.9 Å². The normalized spacial score (nSPS) is 14.1. The van der Waals surface area contributed by atoms with Gasteiger partial charge in [-0.15, -0.1) is 0 Å². The number of hydrogen-bond acceptors (Lipinski definition) is 6. The summed E-state index contributed by atoms with van der Waals surface area (Å²) in [4.78, 5) is 25.5. The molecule has 0 atom stereocenters. The first kappa shape index (κ1) is 22.3. The molecule has 0 aromatic heterocycles. The first-order valence-corrected chi connectivity index (χ1v) is 8.86. The van der Waals surface area contributed by atoms with E-state index in [-0.39, 0.29) is 5.97 Å². The average Bonchev–Trinajstić information content (AvgIpc) is 2.66. The number of ether oxygens (including phenoxy) is 2. The summed E-state index contributed by atoms with van der Waals surface area (Å²) < 4.78 is 8.80. The van der Waals surface area contributed by atoms with Gasteiger partial charge in [-0.1, -0.05) is 29.8 Å². The number of anilines is 1. The maximum atomic E-state index is 11.1. The Kier molecular flexibility index (Phi) is 10.1. The topological polar surface area (TPSA) is 59.1 Å². The molecule has 1 aromatic rings. The van der Waals surface area contributed by atoms with Gasteiger partial charge in [-0.2, -0.15) is 0 Å². The summed E-state index contributed by atoms with van der Waals surface area (Å²) in [5.74, 6) is -0.553. The van der Waals surface area contributed by atoms with Crippen LogP contribution in [0, 0.1) is 0 Å². The highest BCUT2D eigenvalue weighted by molar-refractivity contribution is 6.36. The van der Waals surface area contributed by atoms with Gasteiger partial charge in [0.05, 0.1) is 31.4 Å². The van der Waals surface area contributed by atoms with Crippen molar-refractivity contribution in [2.24, 2.45) is 0 Å². The van der Waals surface area contributed by atoms with Crippen molar-refractivity contribution in [2.45, 2.75) is 6.42 Å². The minimum absolute atomic E-state index is 0.159. The Hall–Kier alpha value is -1.76. The Morgan fingerprint density at radius 3 is 2.27 bits per heavy atom. The predicted octanol–water partition coefficient (Wildman–Crippen LogP) is 3.02. The van der Waals surface area contributed by atoms with Crippen LogP contribution in [0.5, 0.6) is 0 Å². The third-order valence-corrected chi connectivity index (χ3v) is 4.39. The molecule has 144 valence electrons. The van der Waals surface area contributed by atoms with Crippen LogP contribution in [-0.4, -0.2) is 63.8 Å². The van der Waals surface area contributed by atoms with E-state index < -0.39 is 5.97 Å². The Balaban J connectivity index is 0.000000487. The smallest absolute Gasteiger partial charge is 0.329 e. The lowest BCUT2D eigenvalue weighted by molar-refractivity contribution is -0.141. The number of nitrogens with zero attached hydrogens (tertiary/aromatic N) is 2. The first-order chi connectivity index (χ1) is 12.4. The molecule has 0 spiro atoms. The maximum absolute atomic E-state index is 11.1. The Morgan fingerprint density at radius 1 is 1.15 bits per heavy atom. The third kappa shape index (κ3) is 7.64. The van der Waals surface area contributed by atoms with Gasteiger partial charge < -0.3 is 14.4 Å². The standard InChI is InChI=1S/C14H18Cl2N2O2.C4H6O2/c1-20-14(19)4-5-17-6-8-18(9-7-17)13-3-2-11(15)10-12(13)16;1-3-4(5)6-2/h2-3,10H,4-9H2,1H3;3H,1H2,2H3. The third-order valence-electron chi connectivity index (χ3n) is 3.85. The molecule has 1 heterocycles. The molecule has 0 unspecified atom stereocenters. The Labute approximate surface area is 164 Å². The van der Waals surface area contributed by atoms with Crippen molar-refractivity contribution in [3.63, 3.8) is 0 Å². The lowest BCUT2D eigenvalue weighted by atomic mass is 10.2. The highest BCUT2D eigenvalue weighted by Gasteiger charge is 2.19. The molecule has 0 saturated carbocycles. The van der Waals surface area contributed by atoms with E-state index in [1.165, 1.54) is 14.2 Å². The molecular weight excluding hydrogens is 379 g/mol. The summed E-state index contributed by atoms with van der Waals surface area (Å²) in [5, 5.41) is 1.33. The summed E-state index contributed by atoms with van der Waals surface area (Å²) in [6, 6.07) is 5.57. The largest absolute Gasteiger partial charge is 0.469 e. The van der Waals surface area contributed by atoms with E-state index >= 15 is 0 Å². The molecule has 1 aliphatic heterocycles.